The number of ether oxygens (including phenoxy) is 15. The summed E-state index contributed by atoms with van der Waals surface area (Å²) in [6.45, 7) is -7.28. The van der Waals surface area contributed by atoms with Crippen LogP contribution in [0, 0.1) is 0 Å². The molecule has 1 aromatic rings. The lowest BCUT2D eigenvalue weighted by Crippen LogP contribution is -2.68. The molecule has 21 saturated heterocycles. The molecule has 36 nitrogen and oxygen atoms in total. The first-order valence-corrected chi connectivity index (χ1v) is 27.2. The molecule has 0 saturated carbocycles. The van der Waals surface area contributed by atoms with Crippen molar-refractivity contribution >= 4 is 5.97 Å². The third-order valence-corrected chi connectivity index (χ3v) is 16.0. The number of rotatable bonds is 9. The van der Waals surface area contributed by atoms with E-state index < -0.39 is 267 Å². The van der Waals surface area contributed by atoms with Crippen LogP contribution in [0.15, 0.2) is 30.3 Å². The molecule has 486 valence electrons. The van der Waals surface area contributed by atoms with E-state index in [4.69, 9.17) is 71.1 Å². The zero-order valence-electron chi connectivity index (χ0n) is 44.5. The van der Waals surface area contributed by atoms with Crippen LogP contribution in [0.1, 0.15) is 10.4 Å². The summed E-state index contributed by atoms with van der Waals surface area (Å²) in [4.78, 5) is 13.2. The van der Waals surface area contributed by atoms with Crippen LogP contribution in [0.5, 0.6) is 0 Å². The second kappa shape index (κ2) is 28.7. The van der Waals surface area contributed by atoms with Gasteiger partial charge < -0.3 is 173 Å². The standard InChI is InChI=1S/C49H74O36/c50-6-14-35-22(57)29(64)44(73-14)81-37-16(8-52)75-46(31(66)24(37)59)83-39-18(10-54)77-48(33(68)26(39)61)85-41-20(12-71-42(70)13-4-2-1-3-5-13)78-49(34(69)27(41)62)84-40-19(11-55)76-47(32(67)25(40)60)82-38-17(9-53)74-45(30(65)23(38)58)80-36-15(7-51)72-43(79-35)28(63)21(36)56/h1-5,14-41,43-69H,6-12H2/t14-,15-,16-,17-,18-,19-,20-,21-,22-,23-,24-,25-,26-,27-,28-,29-,30-,31-,32-,33-,34-,35-,36-,37-,38-,39-,40-,41-,43-,44-,45-,46-,47-,48-,49-/m1/s1. The molecule has 36 heteroatoms. The Morgan fingerprint density at radius 3 is 0.671 bits per heavy atom. The first-order chi connectivity index (χ1) is 40.6. The van der Waals surface area contributed by atoms with Crippen molar-refractivity contribution in [1.82, 2.24) is 0 Å². The molecule has 21 heterocycles. The van der Waals surface area contributed by atoms with Crippen LogP contribution >= 0.6 is 0 Å². The van der Waals surface area contributed by atoms with Gasteiger partial charge in [-0.05, 0) is 12.1 Å². The van der Waals surface area contributed by atoms with Gasteiger partial charge in [0.1, 0.15) is 178 Å². The lowest BCUT2D eigenvalue weighted by Gasteiger charge is -2.50. The van der Waals surface area contributed by atoms with E-state index in [1.54, 1.807) is 6.07 Å². The molecule has 0 unspecified atom stereocenters. The van der Waals surface area contributed by atoms with E-state index in [9.17, 15) is 107 Å². The monoisotopic (exact) mass is 1240 g/mol. The third-order valence-electron chi connectivity index (χ3n) is 16.0. The molecule has 20 N–H and O–H groups in total. The van der Waals surface area contributed by atoms with Crippen molar-refractivity contribution in [1.29, 1.82) is 0 Å². The van der Waals surface area contributed by atoms with Crippen molar-refractivity contribution in [2.75, 3.05) is 46.2 Å². The lowest BCUT2D eigenvalue weighted by molar-refractivity contribution is -0.396. The van der Waals surface area contributed by atoms with E-state index in [0.29, 0.717) is 0 Å². The average Bonchev–Trinajstić information content (AvgIpc) is 2.31. The third kappa shape index (κ3) is 13.6. The minimum Gasteiger partial charge on any atom is -0.459 e. The lowest BCUT2D eigenvalue weighted by atomic mass is 9.95. The van der Waals surface area contributed by atoms with Crippen LogP contribution < -0.4 is 0 Å². The van der Waals surface area contributed by atoms with Crippen molar-refractivity contribution < 1.29 is 178 Å². The van der Waals surface area contributed by atoms with Gasteiger partial charge in [0.15, 0.2) is 44.0 Å². The number of benzene rings is 1. The number of esters is 1. The quantitative estimate of drug-likeness (QED) is 0.102. The van der Waals surface area contributed by atoms with Crippen LogP contribution in [-0.4, -0.2) is 369 Å². The Morgan fingerprint density at radius 2 is 0.471 bits per heavy atom. The van der Waals surface area contributed by atoms with E-state index in [0.717, 1.165) is 0 Å². The maximum Gasteiger partial charge on any atom is 0.338 e. The molecule has 21 aliphatic heterocycles. The van der Waals surface area contributed by atoms with Gasteiger partial charge in [0.25, 0.3) is 0 Å². The number of hydrogen-bond acceptors (Lipinski definition) is 36. The summed E-state index contributed by atoms with van der Waals surface area (Å²) >= 11 is 0. The molecule has 0 amide bonds. The number of carbonyl (C=O) groups excluding carboxylic acids is 1. The molecule has 35 atom stereocenters. The van der Waals surface area contributed by atoms with E-state index >= 15 is 0 Å². The summed E-state index contributed by atoms with van der Waals surface area (Å²) < 4.78 is 86.2. The fourth-order valence-electron chi connectivity index (χ4n) is 11.2. The Kier molecular flexibility index (Phi) is 22.5. The fourth-order valence-corrected chi connectivity index (χ4v) is 11.2. The molecule has 0 radical (unpaired) electrons. The molecule has 14 bridgehead atoms. The molecular weight excluding hydrogens is 1160 g/mol. The predicted octanol–water partition coefficient (Wildman–Crippen LogP) is -13.4. The van der Waals surface area contributed by atoms with E-state index in [1.165, 1.54) is 24.3 Å². The van der Waals surface area contributed by atoms with Gasteiger partial charge in [0.2, 0.25) is 0 Å². The predicted molar refractivity (Wildman–Crippen MR) is 258 cm³/mol. The summed E-state index contributed by atoms with van der Waals surface area (Å²) in [5, 5.41) is 223. The zero-order chi connectivity index (χ0) is 61.5. The number of aliphatic hydroxyl groups excluding tert-OH is 20. The summed E-state index contributed by atoms with van der Waals surface area (Å²) in [5.74, 6) is -0.962. The summed E-state index contributed by atoms with van der Waals surface area (Å²) in [6.07, 6.45) is -71.5. The van der Waals surface area contributed by atoms with Crippen molar-refractivity contribution in [2.24, 2.45) is 0 Å². The highest BCUT2D eigenvalue weighted by Gasteiger charge is 2.59. The van der Waals surface area contributed by atoms with Crippen LogP contribution in [-0.2, 0) is 71.1 Å². The van der Waals surface area contributed by atoms with Gasteiger partial charge in [-0.15, -0.1) is 0 Å². The van der Waals surface area contributed by atoms with E-state index in [2.05, 4.69) is 0 Å². The topological polar surface area (TPSA) is 560 Å². The summed E-state index contributed by atoms with van der Waals surface area (Å²) in [5.41, 5.74) is 0.0217. The molecule has 1 aromatic carbocycles. The maximum atomic E-state index is 13.2. The van der Waals surface area contributed by atoms with Gasteiger partial charge in [0.05, 0.1) is 45.2 Å². The second-order valence-electron chi connectivity index (χ2n) is 21.4. The van der Waals surface area contributed by atoms with Gasteiger partial charge in [-0.25, -0.2) is 4.79 Å². The molecule has 0 aliphatic carbocycles. The second-order valence-corrected chi connectivity index (χ2v) is 21.4. The Morgan fingerprint density at radius 1 is 0.282 bits per heavy atom. The van der Waals surface area contributed by atoms with E-state index in [-0.39, 0.29) is 5.56 Å². The van der Waals surface area contributed by atoms with Gasteiger partial charge in [-0.2, -0.15) is 0 Å². The smallest absolute Gasteiger partial charge is 0.338 e. The van der Waals surface area contributed by atoms with Crippen molar-refractivity contribution in [2.45, 2.75) is 215 Å². The number of aliphatic hydroxyl groups is 20. The molecular formula is C49H74O36. The number of hydrogen-bond donors (Lipinski definition) is 20. The molecule has 22 rings (SSSR count). The summed E-state index contributed by atoms with van der Waals surface area (Å²) in [6, 6.07) is 7.39. The molecule has 21 fully saturated rings. The minimum atomic E-state index is -2.27. The Hall–Kier alpha value is -2.67. The molecule has 21 aliphatic rings. The highest BCUT2D eigenvalue weighted by atomic mass is 16.8. The molecule has 0 aromatic heterocycles. The fraction of sp³-hybridized carbons (Fsp3) is 0.857. The van der Waals surface area contributed by atoms with Crippen LogP contribution in [0.25, 0.3) is 0 Å². The van der Waals surface area contributed by atoms with Crippen molar-refractivity contribution in [3.8, 4) is 0 Å². The number of carbonyl (C=O) groups is 1. The zero-order valence-corrected chi connectivity index (χ0v) is 44.5. The largest absolute Gasteiger partial charge is 0.459 e. The summed E-state index contributed by atoms with van der Waals surface area (Å²) in [7, 11) is 0. The van der Waals surface area contributed by atoms with Crippen LogP contribution in [0.4, 0.5) is 0 Å². The first-order valence-electron chi connectivity index (χ1n) is 27.2. The highest BCUT2D eigenvalue weighted by molar-refractivity contribution is 5.89. The minimum absolute atomic E-state index is 0.0217. The molecule has 0 spiro atoms. The van der Waals surface area contributed by atoms with Crippen LogP contribution in [0.2, 0.25) is 0 Å². The van der Waals surface area contributed by atoms with Gasteiger partial charge in [0, 0.05) is 0 Å². The highest BCUT2D eigenvalue weighted by Crippen LogP contribution is 2.39. The van der Waals surface area contributed by atoms with Gasteiger partial charge in [-0.3, -0.25) is 0 Å². The molecule has 85 heavy (non-hydrogen) atoms. The van der Waals surface area contributed by atoms with Gasteiger partial charge in [-0.1, -0.05) is 18.2 Å². The van der Waals surface area contributed by atoms with Crippen LogP contribution in [0.3, 0.4) is 0 Å². The average molecular weight is 1240 g/mol. The van der Waals surface area contributed by atoms with E-state index in [1.807, 2.05) is 0 Å². The van der Waals surface area contributed by atoms with Crippen molar-refractivity contribution in [3.05, 3.63) is 35.9 Å². The SMILES string of the molecule is O=C(OC[C@H]1O[C@@H]2O[C@H]3[C@H](O)[C@@H](O)[C@@H](O[C@H]4[C@H](O)[C@@H](O)[C@@H](O[C@H]5[C@H](O)[C@@H](O)[C@@H](O[C@H]6[C@H](O)[C@@H](O)[C@@H](O[C@H]7[C@H](O)[C@@H](O)[C@@H](O[C@H]8[C@H](O)[C@@H](O)[C@@H](O[C@H]1[C@H](O)[C@H]2O)O[C@@H]8CO)O[C@@H]7CO)O[C@@H]6CO)O[C@@H]5CO)O[C@@H]4CO)O[C@@H]3CO)c1ccccc1. The van der Waals surface area contributed by atoms with Crippen molar-refractivity contribution in [3.63, 3.8) is 0 Å². The normalized spacial score (nSPS) is 51.1. The Bertz CT molecular complexity index is 2230. The Balaban J connectivity index is 1.02. The first kappa shape index (κ1) is 66.7. The van der Waals surface area contributed by atoms with Gasteiger partial charge >= 0.3 is 5.97 Å². The Labute approximate surface area is 480 Å². The maximum absolute atomic E-state index is 13.2.